The fourth-order valence-electron chi connectivity index (χ4n) is 3.04. The normalized spacial score (nSPS) is 21.1. The minimum Gasteiger partial charge on any atom is -0.497 e. The lowest BCUT2D eigenvalue weighted by Crippen LogP contribution is -2.19. The molecule has 0 heterocycles. The van der Waals surface area contributed by atoms with E-state index >= 15 is 0 Å². The Kier molecular flexibility index (Phi) is 3.64. The molecule has 2 unspecified atom stereocenters. The Bertz CT molecular complexity index is 576. The van der Waals surface area contributed by atoms with Gasteiger partial charge in [-0.05, 0) is 54.2 Å². The van der Waals surface area contributed by atoms with Gasteiger partial charge in [0.2, 0.25) is 0 Å². The van der Waals surface area contributed by atoms with Gasteiger partial charge in [0.15, 0.2) is 0 Å². The van der Waals surface area contributed by atoms with Crippen molar-refractivity contribution in [2.24, 2.45) is 0 Å². The number of fused-ring (bicyclic) bond motifs is 1. The predicted molar refractivity (Wildman–Crippen MR) is 83.4 cm³/mol. The van der Waals surface area contributed by atoms with E-state index in [1.54, 1.807) is 7.11 Å². The highest BCUT2D eigenvalue weighted by molar-refractivity contribution is 5.50. The third-order valence-electron chi connectivity index (χ3n) is 4.22. The standard InChI is InChI=1S/C18H21NO/c1-13-7-12-18(17-6-4-3-5-16(13)17)19-14-8-10-15(20-2)11-9-14/h3-6,8-11,13,18-19H,7,12H2,1-2H3. The number of anilines is 1. The Balaban J connectivity index is 1.82. The first-order valence-electron chi connectivity index (χ1n) is 7.27. The molecule has 0 fully saturated rings. The summed E-state index contributed by atoms with van der Waals surface area (Å²) in [7, 11) is 1.70. The van der Waals surface area contributed by atoms with Gasteiger partial charge in [-0.25, -0.2) is 0 Å². The van der Waals surface area contributed by atoms with E-state index in [0.717, 1.165) is 11.4 Å². The molecule has 1 aliphatic rings. The maximum Gasteiger partial charge on any atom is 0.119 e. The molecule has 2 atom stereocenters. The number of ether oxygens (including phenoxy) is 1. The van der Waals surface area contributed by atoms with E-state index in [4.69, 9.17) is 4.74 Å². The first-order chi connectivity index (χ1) is 9.78. The summed E-state index contributed by atoms with van der Waals surface area (Å²) in [6.45, 7) is 2.32. The number of nitrogens with one attached hydrogen (secondary N) is 1. The third-order valence-corrected chi connectivity index (χ3v) is 4.22. The molecular weight excluding hydrogens is 246 g/mol. The Morgan fingerprint density at radius 1 is 0.950 bits per heavy atom. The van der Waals surface area contributed by atoms with Crippen LogP contribution >= 0.6 is 0 Å². The van der Waals surface area contributed by atoms with Gasteiger partial charge in [0.1, 0.15) is 5.75 Å². The van der Waals surface area contributed by atoms with Crippen LogP contribution in [-0.2, 0) is 0 Å². The van der Waals surface area contributed by atoms with Crippen LogP contribution in [0, 0.1) is 0 Å². The van der Waals surface area contributed by atoms with Gasteiger partial charge in [-0.2, -0.15) is 0 Å². The van der Waals surface area contributed by atoms with Crippen LogP contribution in [0.2, 0.25) is 0 Å². The smallest absolute Gasteiger partial charge is 0.119 e. The van der Waals surface area contributed by atoms with Crippen molar-refractivity contribution in [3.05, 3.63) is 59.7 Å². The molecule has 0 aromatic heterocycles. The summed E-state index contributed by atoms with van der Waals surface area (Å²) in [4.78, 5) is 0. The first-order valence-corrected chi connectivity index (χ1v) is 7.27. The second-order valence-electron chi connectivity index (χ2n) is 5.53. The molecule has 0 radical (unpaired) electrons. The van der Waals surface area contributed by atoms with Gasteiger partial charge in [0.05, 0.1) is 13.2 Å². The van der Waals surface area contributed by atoms with E-state index in [0.29, 0.717) is 12.0 Å². The second-order valence-corrected chi connectivity index (χ2v) is 5.53. The third kappa shape index (κ3) is 2.51. The summed E-state index contributed by atoms with van der Waals surface area (Å²) >= 11 is 0. The quantitative estimate of drug-likeness (QED) is 0.866. The molecule has 2 heteroatoms. The number of rotatable bonds is 3. The van der Waals surface area contributed by atoms with Crippen LogP contribution in [0.5, 0.6) is 5.75 Å². The van der Waals surface area contributed by atoms with Crippen LogP contribution in [0.15, 0.2) is 48.5 Å². The summed E-state index contributed by atoms with van der Waals surface area (Å²) in [5, 5.41) is 3.65. The van der Waals surface area contributed by atoms with Crippen LogP contribution in [0.25, 0.3) is 0 Å². The van der Waals surface area contributed by atoms with Crippen molar-refractivity contribution >= 4 is 5.69 Å². The number of methoxy groups -OCH3 is 1. The number of benzene rings is 2. The SMILES string of the molecule is COc1ccc(NC2CCC(C)c3ccccc32)cc1. The van der Waals surface area contributed by atoms with Crippen molar-refractivity contribution in [3.63, 3.8) is 0 Å². The maximum atomic E-state index is 5.20. The van der Waals surface area contributed by atoms with Gasteiger partial charge in [-0.3, -0.25) is 0 Å². The maximum absolute atomic E-state index is 5.20. The highest BCUT2D eigenvalue weighted by Gasteiger charge is 2.23. The summed E-state index contributed by atoms with van der Waals surface area (Å²) in [6, 6.07) is 17.4. The van der Waals surface area contributed by atoms with E-state index in [1.165, 1.54) is 24.0 Å². The lowest BCUT2D eigenvalue weighted by Gasteiger charge is -2.31. The zero-order chi connectivity index (χ0) is 13.9. The summed E-state index contributed by atoms with van der Waals surface area (Å²) in [6.07, 6.45) is 2.43. The highest BCUT2D eigenvalue weighted by atomic mass is 16.5. The van der Waals surface area contributed by atoms with Crippen LogP contribution < -0.4 is 10.1 Å². The molecule has 2 aromatic carbocycles. The van der Waals surface area contributed by atoms with E-state index in [-0.39, 0.29) is 0 Å². The molecule has 3 rings (SSSR count). The molecule has 0 spiro atoms. The predicted octanol–water partition coefficient (Wildman–Crippen LogP) is 4.75. The lowest BCUT2D eigenvalue weighted by atomic mass is 9.81. The van der Waals surface area contributed by atoms with Crippen molar-refractivity contribution in [3.8, 4) is 5.75 Å². The number of hydrogen-bond donors (Lipinski definition) is 1. The lowest BCUT2D eigenvalue weighted by molar-refractivity contribution is 0.415. The van der Waals surface area contributed by atoms with Gasteiger partial charge in [-0.15, -0.1) is 0 Å². The van der Waals surface area contributed by atoms with Crippen molar-refractivity contribution in [2.75, 3.05) is 12.4 Å². The van der Waals surface area contributed by atoms with Crippen LogP contribution in [0.3, 0.4) is 0 Å². The molecule has 0 saturated heterocycles. The van der Waals surface area contributed by atoms with Gasteiger partial charge in [-0.1, -0.05) is 31.2 Å². The molecule has 1 aliphatic carbocycles. The van der Waals surface area contributed by atoms with Crippen LogP contribution in [0.4, 0.5) is 5.69 Å². The van der Waals surface area contributed by atoms with Crippen molar-refractivity contribution in [1.29, 1.82) is 0 Å². The van der Waals surface area contributed by atoms with E-state index in [2.05, 4.69) is 48.6 Å². The molecule has 2 nitrogen and oxygen atoms in total. The van der Waals surface area contributed by atoms with Crippen LogP contribution in [0.1, 0.15) is 42.9 Å². The monoisotopic (exact) mass is 267 g/mol. The molecule has 20 heavy (non-hydrogen) atoms. The minimum atomic E-state index is 0.413. The average Bonchev–Trinajstić information content (AvgIpc) is 2.51. The molecular formula is C18H21NO. The van der Waals surface area contributed by atoms with Crippen LogP contribution in [-0.4, -0.2) is 7.11 Å². The molecule has 1 N–H and O–H groups in total. The highest BCUT2D eigenvalue weighted by Crippen LogP contribution is 2.38. The Labute approximate surface area is 120 Å². The summed E-state index contributed by atoms with van der Waals surface area (Å²) in [5.74, 6) is 1.56. The zero-order valence-corrected chi connectivity index (χ0v) is 12.1. The molecule has 0 bridgehead atoms. The Morgan fingerprint density at radius 2 is 1.65 bits per heavy atom. The fraction of sp³-hybridized carbons (Fsp3) is 0.333. The first kappa shape index (κ1) is 13.0. The largest absolute Gasteiger partial charge is 0.497 e. The van der Waals surface area contributed by atoms with Gasteiger partial charge in [0.25, 0.3) is 0 Å². The molecule has 0 saturated carbocycles. The summed E-state index contributed by atoms with van der Waals surface area (Å²) in [5.41, 5.74) is 4.09. The van der Waals surface area contributed by atoms with E-state index in [9.17, 15) is 0 Å². The van der Waals surface area contributed by atoms with E-state index < -0.39 is 0 Å². The molecule has 104 valence electrons. The number of hydrogen-bond acceptors (Lipinski definition) is 2. The van der Waals surface area contributed by atoms with Gasteiger partial charge < -0.3 is 10.1 Å². The van der Waals surface area contributed by atoms with Crippen molar-refractivity contribution in [2.45, 2.75) is 31.7 Å². The van der Waals surface area contributed by atoms with Crippen molar-refractivity contribution < 1.29 is 4.74 Å². The summed E-state index contributed by atoms with van der Waals surface area (Å²) < 4.78 is 5.20. The minimum absolute atomic E-state index is 0.413. The van der Waals surface area contributed by atoms with E-state index in [1.807, 2.05) is 12.1 Å². The average molecular weight is 267 g/mol. The topological polar surface area (TPSA) is 21.3 Å². The fourth-order valence-corrected chi connectivity index (χ4v) is 3.04. The molecule has 0 aliphatic heterocycles. The molecule has 0 amide bonds. The Hall–Kier alpha value is -1.96. The Morgan fingerprint density at radius 3 is 2.35 bits per heavy atom. The van der Waals surface area contributed by atoms with Gasteiger partial charge >= 0.3 is 0 Å². The van der Waals surface area contributed by atoms with Crippen molar-refractivity contribution in [1.82, 2.24) is 0 Å². The second kappa shape index (κ2) is 5.58. The van der Waals surface area contributed by atoms with Gasteiger partial charge in [0, 0.05) is 5.69 Å². The zero-order valence-electron chi connectivity index (χ0n) is 12.1. The molecule has 2 aromatic rings.